The molecule has 1 aromatic heterocycles. The van der Waals surface area contributed by atoms with E-state index in [0.29, 0.717) is 24.0 Å². The molecule has 3 aliphatic rings. The molecule has 1 heterocycles. The van der Waals surface area contributed by atoms with Crippen molar-refractivity contribution in [2.45, 2.75) is 37.1 Å². The van der Waals surface area contributed by atoms with Crippen molar-refractivity contribution in [3.05, 3.63) is 16.8 Å². The fraction of sp³-hybridized carbons (Fsp3) is 0.688. The number of methoxy groups -OCH3 is 1. The number of halogens is 2. The van der Waals surface area contributed by atoms with Crippen molar-refractivity contribution in [2.24, 2.45) is 23.7 Å². The molecule has 126 valence electrons. The quantitative estimate of drug-likeness (QED) is 0.355. The Morgan fingerprint density at radius 3 is 2.57 bits per heavy atom. The summed E-state index contributed by atoms with van der Waals surface area (Å²) in [6, 6.07) is 0. The number of ether oxygens (including phenoxy) is 1. The summed E-state index contributed by atoms with van der Waals surface area (Å²) in [6.07, 6.45) is 6.49. The molecule has 3 fully saturated rings. The molecule has 4 rings (SSSR count). The van der Waals surface area contributed by atoms with Crippen molar-refractivity contribution >= 4 is 29.3 Å². The van der Waals surface area contributed by atoms with Crippen LogP contribution < -0.4 is 0 Å². The lowest BCUT2D eigenvalue weighted by Gasteiger charge is -2.47. The lowest BCUT2D eigenvalue weighted by molar-refractivity contribution is -0.156. The molecule has 0 radical (unpaired) electrons. The highest BCUT2D eigenvalue weighted by atomic mass is 35.5. The van der Waals surface area contributed by atoms with Crippen LogP contribution in [0.2, 0.25) is 5.28 Å². The van der Waals surface area contributed by atoms with Gasteiger partial charge in [0.05, 0.1) is 18.7 Å². The molecule has 0 N–H and O–H groups in total. The van der Waals surface area contributed by atoms with E-state index >= 15 is 0 Å². The van der Waals surface area contributed by atoms with E-state index < -0.39 is 5.82 Å². The van der Waals surface area contributed by atoms with E-state index in [9.17, 15) is 9.18 Å². The molecule has 0 aromatic carbocycles. The number of hydrogen-bond donors (Lipinski definition) is 0. The third-order valence-corrected chi connectivity index (χ3v) is 6.18. The van der Waals surface area contributed by atoms with E-state index in [4.69, 9.17) is 16.3 Å². The van der Waals surface area contributed by atoms with Gasteiger partial charge in [-0.05, 0) is 67.7 Å². The smallest absolute Gasteiger partial charge is 0.309 e. The molecule has 3 aliphatic carbocycles. The molecule has 0 aliphatic heterocycles. The summed E-state index contributed by atoms with van der Waals surface area (Å²) < 4.78 is 19.6. The second-order valence-electron chi connectivity index (χ2n) is 6.35. The molecule has 2 bridgehead atoms. The summed E-state index contributed by atoms with van der Waals surface area (Å²) in [5.41, 5.74) is 0.320. The second-order valence-corrected chi connectivity index (χ2v) is 7.49. The van der Waals surface area contributed by atoms with Crippen LogP contribution >= 0.6 is 23.4 Å². The van der Waals surface area contributed by atoms with Crippen molar-refractivity contribution in [2.75, 3.05) is 13.4 Å². The minimum absolute atomic E-state index is 0.0568. The minimum atomic E-state index is -0.410. The van der Waals surface area contributed by atoms with Crippen molar-refractivity contribution in [1.82, 2.24) is 9.97 Å². The Bertz CT molecular complexity index is 608. The lowest BCUT2D eigenvalue weighted by atomic mass is 9.57. The van der Waals surface area contributed by atoms with Gasteiger partial charge in [0.1, 0.15) is 5.03 Å². The van der Waals surface area contributed by atoms with Crippen LogP contribution in [0.5, 0.6) is 0 Å². The topological polar surface area (TPSA) is 52.1 Å². The number of carbonyl (C=O) groups excluding carboxylic acids is 1. The summed E-state index contributed by atoms with van der Waals surface area (Å²) >= 11 is 7.14. The molecule has 0 spiro atoms. The number of rotatable bonds is 4. The predicted octanol–water partition coefficient (Wildman–Crippen LogP) is 3.76. The van der Waals surface area contributed by atoms with Gasteiger partial charge in [0, 0.05) is 0 Å². The van der Waals surface area contributed by atoms with Gasteiger partial charge < -0.3 is 4.74 Å². The first-order valence-corrected chi connectivity index (χ1v) is 9.49. The molecule has 3 saturated carbocycles. The van der Waals surface area contributed by atoms with Crippen molar-refractivity contribution in [1.29, 1.82) is 0 Å². The van der Waals surface area contributed by atoms with Gasteiger partial charge in [-0.15, -0.1) is 11.8 Å². The lowest BCUT2D eigenvalue weighted by Crippen LogP contribution is -2.45. The highest BCUT2D eigenvalue weighted by Crippen LogP contribution is 2.50. The van der Waals surface area contributed by atoms with E-state index in [2.05, 4.69) is 9.97 Å². The van der Waals surface area contributed by atoms with E-state index in [-0.39, 0.29) is 28.1 Å². The first-order chi connectivity index (χ1) is 11.0. The zero-order valence-electron chi connectivity index (χ0n) is 13.2. The highest BCUT2D eigenvalue weighted by Gasteiger charge is 2.47. The van der Waals surface area contributed by atoms with Crippen LogP contribution in [0.1, 0.15) is 31.4 Å². The van der Waals surface area contributed by atoms with Gasteiger partial charge in [-0.25, -0.2) is 14.4 Å². The standard InChI is InChI=1S/C16H20ClFN2O2S/c1-22-15(21)12-9-5-3-8(4-6-9)10(12)7-11-13(18)14(23-2)20-16(17)19-11/h8-10,12H,3-7H2,1-2H3/t8?,9?,10-,12-/m0/s1. The van der Waals surface area contributed by atoms with E-state index in [0.717, 1.165) is 25.7 Å². The van der Waals surface area contributed by atoms with Gasteiger partial charge in [0.25, 0.3) is 0 Å². The maximum atomic E-state index is 14.5. The zero-order chi connectivity index (χ0) is 16.6. The maximum absolute atomic E-state index is 14.5. The molecular weight excluding hydrogens is 339 g/mol. The molecule has 2 atom stereocenters. The third-order valence-electron chi connectivity index (χ3n) is 5.35. The van der Waals surface area contributed by atoms with Gasteiger partial charge in [-0.2, -0.15) is 0 Å². The number of esters is 1. The predicted molar refractivity (Wildman–Crippen MR) is 86.9 cm³/mol. The van der Waals surface area contributed by atoms with Gasteiger partial charge in [0.2, 0.25) is 5.28 Å². The Morgan fingerprint density at radius 2 is 1.96 bits per heavy atom. The molecule has 1 aromatic rings. The summed E-state index contributed by atoms with van der Waals surface area (Å²) in [6.45, 7) is 0. The van der Waals surface area contributed by atoms with Crippen molar-refractivity contribution in [3.63, 3.8) is 0 Å². The van der Waals surface area contributed by atoms with E-state index in [1.165, 1.54) is 18.9 Å². The number of carbonyl (C=O) groups is 1. The molecule has 0 saturated heterocycles. The van der Waals surface area contributed by atoms with Crippen LogP contribution in [0.15, 0.2) is 5.03 Å². The first kappa shape index (κ1) is 17.0. The second kappa shape index (κ2) is 6.93. The molecule has 7 heteroatoms. The van der Waals surface area contributed by atoms with Crippen LogP contribution in [-0.2, 0) is 16.0 Å². The summed E-state index contributed by atoms with van der Waals surface area (Å²) in [5, 5.41) is 0.317. The number of hydrogen-bond acceptors (Lipinski definition) is 5. The van der Waals surface area contributed by atoms with Gasteiger partial charge in [-0.1, -0.05) is 0 Å². The Hall–Kier alpha value is -0.880. The van der Waals surface area contributed by atoms with Crippen LogP contribution in [-0.4, -0.2) is 29.3 Å². The molecular formula is C16H20ClFN2O2S. The third kappa shape index (κ3) is 3.20. The fourth-order valence-electron chi connectivity index (χ4n) is 4.31. The molecule has 0 unspecified atom stereocenters. The number of nitrogens with zero attached hydrogens (tertiary/aromatic N) is 2. The number of fused-ring (bicyclic) bond motifs is 3. The minimum Gasteiger partial charge on any atom is -0.469 e. The Kier molecular flexibility index (Phi) is 5.11. The van der Waals surface area contributed by atoms with Gasteiger partial charge in [0.15, 0.2) is 5.82 Å². The van der Waals surface area contributed by atoms with Crippen LogP contribution in [0, 0.1) is 29.5 Å². The molecule has 4 nitrogen and oxygen atoms in total. The average molecular weight is 359 g/mol. The first-order valence-electron chi connectivity index (χ1n) is 7.88. The van der Waals surface area contributed by atoms with E-state index in [1.807, 2.05) is 0 Å². The normalized spacial score (nSPS) is 29.6. The maximum Gasteiger partial charge on any atom is 0.309 e. The summed E-state index contributed by atoms with van der Waals surface area (Å²) in [5.74, 6) is 0.110. The SMILES string of the molecule is COC(=O)[C@H]1C2CCC(CC2)[C@@H]1Cc1nc(Cl)nc(SC)c1F. The van der Waals surface area contributed by atoms with Crippen molar-refractivity contribution in [3.8, 4) is 0 Å². The summed E-state index contributed by atoms with van der Waals surface area (Å²) in [4.78, 5) is 20.3. The van der Waals surface area contributed by atoms with Gasteiger partial charge >= 0.3 is 5.97 Å². The number of aromatic nitrogens is 2. The zero-order valence-corrected chi connectivity index (χ0v) is 14.8. The Morgan fingerprint density at radius 1 is 1.30 bits per heavy atom. The average Bonchev–Trinajstić information content (AvgIpc) is 2.58. The monoisotopic (exact) mass is 358 g/mol. The highest BCUT2D eigenvalue weighted by molar-refractivity contribution is 7.98. The van der Waals surface area contributed by atoms with E-state index in [1.54, 1.807) is 6.26 Å². The van der Waals surface area contributed by atoms with Crippen LogP contribution in [0.4, 0.5) is 4.39 Å². The van der Waals surface area contributed by atoms with Crippen LogP contribution in [0.3, 0.4) is 0 Å². The summed E-state index contributed by atoms with van der Waals surface area (Å²) in [7, 11) is 1.43. The number of thioether (sulfide) groups is 1. The molecule has 0 amide bonds. The Labute approximate surface area is 144 Å². The van der Waals surface area contributed by atoms with Crippen molar-refractivity contribution < 1.29 is 13.9 Å². The largest absolute Gasteiger partial charge is 0.469 e. The molecule has 23 heavy (non-hydrogen) atoms. The Balaban J connectivity index is 1.91. The van der Waals surface area contributed by atoms with Crippen LogP contribution in [0.25, 0.3) is 0 Å². The fourth-order valence-corrected chi connectivity index (χ4v) is 5.02. The van der Waals surface area contributed by atoms with Gasteiger partial charge in [-0.3, -0.25) is 4.79 Å².